The fraction of sp³-hybridized carbons (Fsp3) is 0.533. The molecule has 0 atom stereocenters. The summed E-state index contributed by atoms with van der Waals surface area (Å²) in [6.07, 6.45) is 1.20. The smallest absolute Gasteiger partial charge is 0.220 e. The lowest BCUT2D eigenvalue weighted by Crippen LogP contribution is -2.45. The Morgan fingerprint density at radius 3 is 2.63 bits per heavy atom. The number of hydrogen-bond donors (Lipinski definition) is 2. The van der Waals surface area contributed by atoms with Crippen molar-refractivity contribution in [3.05, 3.63) is 29.3 Å². The van der Waals surface area contributed by atoms with Gasteiger partial charge in [0, 0.05) is 18.5 Å². The van der Waals surface area contributed by atoms with E-state index in [1.807, 2.05) is 32.9 Å². The molecule has 1 amide bonds. The van der Waals surface area contributed by atoms with Gasteiger partial charge in [-0.3, -0.25) is 4.79 Å². The van der Waals surface area contributed by atoms with Crippen LogP contribution in [-0.2, 0) is 11.2 Å². The van der Waals surface area contributed by atoms with Gasteiger partial charge in [-0.25, -0.2) is 0 Å². The van der Waals surface area contributed by atoms with Gasteiger partial charge in [-0.1, -0.05) is 12.1 Å². The quantitative estimate of drug-likeness (QED) is 0.823. The van der Waals surface area contributed by atoms with Crippen LogP contribution in [0.3, 0.4) is 0 Å². The van der Waals surface area contributed by atoms with E-state index in [1.165, 1.54) is 0 Å². The standard InChI is InChI=1S/C15H24N2O2/c1-11-9-12(5-7-13(11)19-4)6-8-14(18)17-10-15(2,3)16/h5,7,9H,6,8,10,16H2,1-4H3,(H,17,18). The van der Waals surface area contributed by atoms with Gasteiger partial charge in [0.05, 0.1) is 7.11 Å². The molecule has 4 nitrogen and oxygen atoms in total. The first-order valence-electron chi connectivity index (χ1n) is 6.51. The van der Waals surface area contributed by atoms with Crippen molar-refractivity contribution >= 4 is 5.91 Å². The lowest BCUT2D eigenvalue weighted by molar-refractivity contribution is -0.121. The summed E-state index contributed by atoms with van der Waals surface area (Å²) in [5, 5.41) is 2.84. The van der Waals surface area contributed by atoms with E-state index < -0.39 is 0 Å². The molecule has 106 valence electrons. The number of aryl methyl sites for hydroxylation is 2. The summed E-state index contributed by atoms with van der Waals surface area (Å²) in [6.45, 7) is 6.27. The van der Waals surface area contributed by atoms with Gasteiger partial charge in [-0.05, 0) is 44.4 Å². The molecule has 0 saturated carbocycles. The summed E-state index contributed by atoms with van der Waals surface area (Å²) in [7, 11) is 1.66. The van der Waals surface area contributed by atoms with Crippen molar-refractivity contribution in [2.45, 2.75) is 39.2 Å². The van der Waals surface area contributed by atoms with Crippen molar-refractivity contribution < 1.29 is 9.53 Å². The maximum absolute atomic E-state index is 11.7. The van der Waals surface area contributed by atoms with Crippen LogP contribution in [0.5, 0.6) is 5.75 Å². The number of amides is 1. The van der Waals surface area contributed by atoms with Gasteiger partial charge < -0.3 is 15.8 Å². The summed E-state index contributed by atoms with van der Waals surface area (Å²) in [5.41, 5.74) is 7.67. The third kappa shape index (κ3) is 5.75. The highest BCUT2D eigenvalue weighted by Gasteiger charge is 2.12. The van der Waals surface area contributed by atoms with Crippen molar-refractivity contribution in [3.63, 3.8) is 0 Å². The highest BCUT2D eigenvalue weighted by Crippen LogP contribution is 2.19. The minimum atomic E-state index is -0.369. The SMILES string of the molecule is COc1ccc(CCC(=O)NCC(C)(C)N)cc1C. The molecular formula is C15H24N2O2. The van der Waals surface area contributed by atoms with Crippen LogP contribution >= 0.6 is 0 Å². The Morgan fingerprint density at radius 1 is 1.42 bits per heavy atom. The van der Waals surface area contributed by atoms with Crippen molar-refractivity contribution in [1.82, 2.24) is 5.32 Å². The molecule has 0 aliphatic heterocycles. The molecule has 0 aromatic heterocycles. The van der Waals surface area contributed by atoms with Crippen molar-refractivity contribution in [3.8, 4) is 5.75 Å². The fourth-order valence-electron chi connectivity index (χ4n) is 1.77. The minimum absolute atomic E-state index is 0.0343. The van der Waals surface area contributed by atoms with Gasteiger partial charge >= 0.3 is 0 Å². The molecule has 0 heterocycles. The molecular weight excluding hydrogens is 240 g/mol. The Labute approximate surface area is 115 Å². The molecule has 0 bridgehead atoms. The Morgan fingerprint density at radius 2 is 2.11 bits per heavy atom. The average molecular weight is 264 g/mol. The van der Waals surface area contributed by atoms with E-state index in [0.717, 1.165) is 23.3 Å². The molecule has 4 heteroatoms. The van der Waals surface area contributed by atoms with Gasteiger partial charge in [-0.2, -0.15) is 0 Å². The number of carbonyl (C=O) groups is 1. The van der Waals surface area contributed by atoms with Gasteiger partial charge in [0.2, 0.25) is 5.91 Å². The van der Waals surface area contributed by atoms with Crippen LogP contribution in [0.25, 0.3) is 0 Å². The fourth-order valence-corrected chi connectivity index (χ4v) is 1.77. The minimum Gasteiger partial charge on any atom is -0.496 e. The summed E-state index contributed by atoms with van der Waals surface area (Å²) < 4.78 is 5.21. The predicted octanol–water partition coefficient (Wildman–Crippen LogP) is 1.79. The maximum atomic E-state index is 11.7. The second kappa shape index (κ2) is 6.57. The lowest BCUT2D eigenvalue weighted by Gasteiger charge is -2.18. The van der Waals surface area contributed by atoms with Crippen LogP contribution in [0.15, 0.2) is 18.2 Å². The molecule has 1 aromatic carbocycles. The van der Waals surface area contributed by atoms with Crippen LogP contribution in [0, 0.1) is 6.92 Å². The van der Waals surface area contributed by atoms with Crippen molar-refractivity contribution in [2.75, 3.05) is 13.7 Å². The van der Waals surface area contributed by atoms with Gasteiger partial charge in [0.1, 0.15) is 5.75 Å². The zero-order valence-corrected chi connectivity index (χ0v) is 12.2. The van der Waals surface area contributed by atoms with Crippen molar-refractivity contribution in [1.29, 1.82) is 0 Å². The number of hydrogen-bond acceptors (Lipinski definition) is 3. The molecule has 0 radical (unpaired) electrons. The summed E-state index contributed by atoms with van der Waals surface area (Å²) >= 11 is 0. The van der Waals surface area contributed by atoms with Crippen LogP contribution in [0.2, 0.25) is 0 Å². The number of methoxy groups -OCH3 is 1. The number of carbonyl (C=O) groups excluding carboxylic acids is 1. The van der Waals surface area contributed by atoms with E-state index in [9.17, 15) is 4.79 Å². The number of nitrogens with two attached hydrogens (primary N) is 1. The molecule has 19 heavy (non-hydrogen) atoms. The van der Waals surface area contributed by atoms with Crippen LogP contribution in [0.4, 0.5) is 0 Å². The van der Waals surface area contributed by atoms with Gasteiger partial charge in [0.25, 0.3) is 0 Å². The van der Waals surface area contributed by atoms with Gasteiger partial charge in [0.15, 0.2) is 0 Å². The monoisotopic (exact) mass is 264 g/mol. The number of nitrogens with one attached hydrogen (secondary N) is 1. The zero-order valence-electron chi connectivity index (χ0n) is 12.2. The number of rotatable bonds is 6. The third-order valence-corrected chi connectivity index (χ3v) is 2.84. The van der Waals surface area contributed by atoms with Crippen LogP contribution in [0.1, 0.15) is 31.4 Å². The Hall–Kier alpha value is -1.55. The first-order valence-corrected chi connectivity index (χ1v) is 6.51. The molecule has 0 fully saturated rings. The molecule has 0 aliphatic rings. The summed E-state index contributed by atoms with van der Waals surface area (Å²) in [6, 6.07) is 5.98. The molecule has 0 saturated heterocycles. The Balaban J connectivity index is 2.44. The largest absolute Gasteiger partial charge is 0.496 e. The molecule has 0 unspecified atom stereocenters. The summed E-state index contributed by atoms with van der Waals surface area (Å²) in [4.78, 5) is 11.7. The van der Waals surface area contributed by atoms with E-state index in [2.05, 4.69) is 11.4 Å². The highest BCUT2D eigenvalue weighted by molar-refractivity contribution is 5.76. The van der Waals surface area contributed by atoms with E-state index >= 15 is 0 Å². The summed E-state index contributed by atoms with van der Waals surface area (Å²) in [5.74, 6) is 0.907. The number of benzene rings is 1. The second-order valence-electron chi connectivity index (χ2n) is 5.57. The average Bonchev–Trinajstić information content (AvgIpc) is 2.33. The van der Waals surface area contributed by atoms with Crippen LogP contribution < -0.4 is 15.8 Å². The van der Waals surface area contributed by atoms with Gasteiger partial charge in [-0.15, -0.1) is 0 Å². The molecule has 0 aliphatic carbocycles. The highest BCUT2D eigenvalue weighted by atomic mass is 16.5. The normalized spacial score (nSPS) is 11.2. The molecule has 0 spiro atoms. The first kappa shape index (κ1) is 15.5. The number of ether oxygens (including phenoxy) is 1. The Bertz CT molecular complexity index is 436. The van der Waals surface area contributed by atoms with Crippen molar-refractivity contribution in [2.24, 2.45) is 5.73 Å². The lowest BCUT2D eigenvalue weighted by atomic mass is 10.1. The second-order valence-corrected chi connectivity index (χ2v) is 5.57. The molecule has 3 N–H and O–H groups in total. The topological polar surface area (TPSA) is 64.3 Å². The van der Waals surface area contributed by atoms with E-state index in [-0.39, 0.29) is 11.4 Å². The molecule has 1 rings (SSSR count). The third-order valence-electron chi connectivity index (χ3n) is 2.84. The predicted molar refractivity (Wildman–Crippen MR) is 77.3 cm³/mol. The first-order chi connectivity index (χ1) is 8.81. The van der Waals surface area contributed by atoms with Crippen LogP contribution in [-0.4, -0.2) is 25.1 Å². The Kier molecular flexibility index (Phi) is 5.36. The molecule has 1 aromatic rings. The van der Waals surface area contributed by atoms with E-state index in [1.54, 1.807) is 7.11 Å². The maximum Gasteiger partial charge on any atom is 0.220 e. The van der Waals surface area contributed by atoms with E-state index in [0.29, 0.717) is 13.0 Å². The van der Waals surface area contributed by atoms with E-state index in [4.69, 9.17) is 10.5 Å². The zero-order chi connectivity index (χ0) is 14.5.